The predicted molar refractivity (Wildman–Crippen MR) is 139 cm³/mol. The lowest BCUT2D eigenvalue weighted by molar-refractivity contribution is -0.123. The zero-order valence-corrected chi connectivity index (χ0v) is 22.1. The first kappa shape index (κ1) is 24.6. The highest BCUT2D eigenvalue weighted by molar-refractivity contribution is 6.74. The molecular weight excluding hydrogens is 438 g/mol. The quantitative estimate of drug-likeness (QED) is 0.356. The number of carbonyl (C=O) groups is 2. The van der Waals surface area contributed by atoms with Crippen LogP contribution in [0, 0.1) is 11.8 Å². The van der Waals surface area contributed by atoms with Gasteiger partial charge in [-0.25, -0.2) is 0 Å². The third-order valence-electron chi connectivity index (χ3n) is 7.78. The smallest absolute Gasteiger partial charge is 0.250 e. The SMILES string of the molecule is CC(C)(C)[Si](C)(C)OC1=C[C@@H](N(Cc2ccccc2)Cc2ccccc2)[C@H]2C(=O)CC(=O)[C@H]2C1. The number of fused-ring (bicyclic) bond motifs is 1. The van der Waals surface area contributed by atoms with Gasteiger partial charge < -0.3 is 4.43 Å². The molecule has 180 valence electrons. The third-order valence-corrected chi connectivity index (χ3v) is 12.2. The molecule has 0 radical (unpaired) electrons. The first-order valence-corrected chi connectivity index (χ1v) is 15.2. The minimum absolute atomic E-state index is 0.0531. The van der Waals surface area contributed by atoms with Crippen LogP contribution in [0.1, 0.15) is 44.7 Å². The van der Waals surface area contributed by atoms with E-state index in [1.54, 1.807) is 0 Å². The van der Waals surface area contributed by atoms with E-state index in [2.05, 4.69) is 69.1 Å². The van der Waals surface area contributed by atoms with Crippen molar-refractivity contribution in [2.24, 2.45) is 11.8 Å². The molecular formula is C29H37NO3Si. The van der Waals surface area contributed by atoms with E-state index in [0.29, 0.717) is 19.5 Å². The second-order valence-electron chi connectivity index (χ2n) is 11.3. The van der Waals surface area contributed by atoms with Crippen molar-refractivity contribution in [1.29, 1.82) is 0 Å². The highest BCUT2D eigenvalue weighted by atomic mass is 28.4. The molecule has 0 amide bonds. The van der Waals surface area contributed by atoms with Crippen molar-refractivity contribution in [3.63, 3.8) is 0 Å². The summed E-state index contributed by atoms with van der Waals surface area (Å²) in [6, 6.07) is 20.5. The first-order valence-electron chi connectivity index (χ1n) is 12.3. The highest BCUT2D eigenvalue weighted by Crippen LogP contribution is 2.44. The van der Waals surface area contributed by atoms with Gasteiger partial charge in [0.2, 0.25) is 8.32 Å². The zero-order valence-electron chi connectivity index (χ0n) is 21.1. The van der Waals surface area contributed by atoms with E-state index in [9.17, 15) is 9.59 Å². The standard InChI is InChI=1S/C29H37NO3Si/c1-29(2,3)34(4,5)33-23-16-24-26(31)18-27(32)28(24)25(17-23)30(19-21-12-8-6-9-13-21)20-22-14-10-7-11-15-22/h6-15,17,24-25,28H,16,18-20H2,1-5H3/t24-,25-,28+/m1/s1. The van der Waals surface area contributed by atoms with E-state index in [4.69, 9.17) is 4.43 Å². The molecule has 0 unspecified atom stereocenters. The van der Waals surface area contributed by atoms with Crippen LogP contribution < -0.4 is 0 Å². The van der Waals surface area contributed by atoms with Crippen LogP contribution in [0.5, 0.6) is 0 Å². The molecule has 4 nitrogen and oxygen atoms in total. The number of benzene rings is 2. The molecule has 0 bridgehead atoms. The monoisotopic (exact) mass is 475 g/mol. The van der Waals surface area contributed by atoms with Crippen LogP contribution in [-0.4, -0.2) is 30.8 Å². The minimum Gasteiger partial charge on any atom is -0.547 e. The number of carbonyl (C=O) groups excluding carboxylic acids is 2. The first-order chi connectivity index (χ1) is 16.0. The fraction of sp³-hybridized carbons (Fsp3) is 0.448. The van der Waals surface area contributed by atoms with Crippen LogP contribution in [0.15, 0.2) is 72.5 Å². The molecule has 0 N–H and O–H groups in total. The molecule has 0 aromatic heterocycles. The number of Topliss-reactive ketones (excluding diaryl/α,β-unsaturated/α-hetero) is 2. The van der Waals surface area contributed by atoms with Gasteiger partial charge in [0.25, 0.3) is 0 Å². The molecule has 34 heavy (non-hydrogen) atoms. The second kappa shape index (κ2) is 9.63. The number of ketones is 2. The summed E-state index contributed by atoms with van der Waals surface area (Å²) in [5.74, 6) is 0.465. The van der Waals surface area contributed by atoms with Crippen LogP contribution in [0.25, 0.3) is 0 Å². The van der Waals surface area contributed by atoms with Gasteiger partial charge in [-0.1, -0.05) is 81.4 Å². The zero-order chi connectivity index (χ0) is 24.5. The van der Waals surface area contributed by atoms with E-state index >= 15 is 0 Å². The van der Waals surface area contributed by atoms with Gasteiger partial charge in [0.15, 0.2) is 0 Å². The van der Waals surface area contributed by atoms with Crippen molar-refractivity contribution in [3.05, 3.63) is 83.6 Å². The molecule has 4 rings (SSSR count). The van der Waals surface area contributed by atoms with E-state index in [1.165, 1.54) is 11.1 Å². The van der Waals surface area contributed by atoms with Gasteiger partial charge in [0.1, 0.15) is 11.6 Å². The molecule has 1 fully saturated rings. The van der Waals surface area contributed by atoms with E-state index in [-0.39, 0.29) is 40.9 Å². The molecule has 2 aliphatic rings. The molecule has 2 aromatic rings. The molecule has 0 spiro atoms. The van der Waals surface area contributed by atoms with Crippen molar-refractivity contribution in [1.82, 2.24) is 4.90 Å². The van der Waals surface area contributed by atoms with Crippen molar-refractivity contribution < 1.29 is 14.0 Å². The van der Waals surface area contributed by atoms with Crippen LogP contribution in [0.4, 0.5) is 0 Å². The summed E-state index contributed by atoms with van der Waals surface area (Å²) in [6.07, 6.45) is 2.77. The summed E-state index contributed by atoms with van der Waals surface area (Å²) in [5.41, 5.74) is 2.38. The average molecular weight is 476 g/mol. The van der Waals surface area contributed by atoms with Crippen LogP contribution in [0.3, 0.4) is 0 Å². The molecule has 3 atom stereocenters. The Balaban J connectivity index is 1.73. The normalized spacial score (nSPS) is 23.1. The summed E-state index contributed by atoms with van der Waals surface area (Å²) >= 11 is 0. The number of hydrogen-bond acceptors (Lipinski definition) is 4. The Hall–Kier alpha value is -2.50. The number of allylic oxidation sites excluding steroid dienone is 1. The lowest BCUT2D eigenvalue weighted by atomic mass is 9.79. The lowest BCUT2D eigenvalue weighted by Gasteiger charge is -2.42. The van der Waals surface area contributed by atoms with Crippen molar-refractivity contribution in [2.45, 2.75) is 70.9 Å². The van der Waals surface area contributed by atoms with E-state index in [0.717, 1.165) is 5.76 Å². The van der Waals surface area contributed by atoms with Crippen molar-refractivity contribution >= 4 is 19.9 Å². The number of hydrogen-bond donors (Lipinski definition) is 0. The maximum atomic E-state index is 13.1. The Kier molecular flexibility index (Phi) is 6.97. The van der Waals surface area contributed by atoms with E-state index < -0.39 is 8.32 Å². The summed E-state index contributed by atoms with van der Waals surface area (Å²) in [7, 11) is -2.07. The summed E-state index contributed by atoms with van der Waals surface area (Å²) in [4.78, 5) is 28.3. The topological polar surface area (TPSA) is 46.6 Å². The maximum absolute atomic E-state index is 13.1. The van der Waals surface area contributed by atoms with Crippen molar-refractivity contribution in [2.75, 3.05) is 0 Å². The fourth-order valence-corrected chi connectivity index (χ4v) is 6.00. The van der Waals surface area contributed by atoms with Crippen molar-refractivity contribution in [3.8, 4) is 0 Å². The van der Waals surface area contributed by atoms with Gasteiger partial charge in [-0.3, -0.25) is 14.5 Å². The Bertz CT molecular complexity index is 1010. The Morgan fingerprint density at radius 2 is 1.41 bits per heavy atom. The van der Waals surface area contributed by atoms with Gasteiger partial charge >= 0.3 is 0 Å². The fourth-order valence-electron chi connectivity index (χ4n) is 4.89. The molecule has 0 saturated heterocycles. The Labute approximate surface area is 205 Å². The Morgan fingerprint density at radius 3 is 1.91 bits per heavy atom. The largest absolute Gasteiger partial charge is 0.547 e. The van der Waals surface area contributed by atoms with Crippen LogP contribution >= 0.6 is 0 Å². The van der Waals surface area contributed by atoms with Gasteiger partial charge in [0, 0.05) is 37.4 Å². The molecule has 1 saturated carbocycles. The van der Waals surface area contributed by atoms with Gasteiger partial charge in [-0.2, -0.15) is 0 Å². The molecule has 5 heteroatoms. The molecule has 2 aromatic carbocycles. The summed E-state index contributed by atoms with van der Waals surface area (Å²) in [6.45, 7) is 12.6. The second-order valence-corrected chi connectivity index (χ2v) is 16.0. The minimum atomic E-state index is -2.07. The Morgan fingerprint density at radius 1 is 0.882 bits per heavy atom. The molecule has 2 aliphatic carbocycles. The van der Waals surface area contributed by atoms with Crippen LogP contribution in [-0.2, 0) is 27.1 Å². The maximum Gasteiger partial charge on any atom is 0.250 e. The predicted octanol–water partition coefficient (Wildman–Crippen LogP) is 6.14. The highest BCUT2D eigenvalue weighted by Gasteiger charge is 2.50. The molecule has 0 heterocycles. The number of nitrogens with zero attached hydrogens (tertiary/aromatic N) is 1. The van der Waals surface area contributed by atoms with Gasteiger partial charge in [-0.15, -0.1) is 0 Å². The average Bonchev–Trinajstić information content (AvgIpc) is 3.06. The van der Waals surface area contributed by atoms with Gasteiger partial charge in [-0.05, 0) is 35.3 Å². The summed E-state index contributed by atoms with van der Waals surface area (Å²) < 4.78 is 6.73. The van der Waals surface area contributed by atoms with E-state index in [1.807, 2.05) is 36.4 Å². The third kappa shape index (κ3) is 5.26. The number of rotatable bonds is 7. The van der Waals surface area contributed by atoms with Gasteiger partial charge in [0.05, 0.1) is 12.2 Å². The summed E-state index contributed by atoms with van der Waals surface area (Å²) in [5, 5.41) is 0.0590. The molecule has 0 aliphatic heterocycles. The lowest BCUT2D eigenvalue weighted by Crippen LogP contribution is -2.47. The van der Waals surface area contributed by atoms with Crippen LogP contribution in [0.2, 0.25) is 18.1 Å².